The molecule has 0 N–H and O–H groups in total. The number of aryl methyl sites for hydroxylation is 1. The molecule has 5 rings (SSSR count). The molecular weight excluding hydrogens is 326 g/mol. The van der Waals surface area contributed by atoms with E-state index >= 15 is 0 Å². The molecule has 138 valence electrons. The monoisotopic (exact) mass is 353 g/mol. The summed E-state index contributed by atoms with van der Waals surface area (Å²) < 4.78 is 8.36. The van der Waals surface area contributed by atoms with E-state index in [-0.39, 0.29) is 0 Å². The Bertz CT molecular complexity index is 763. The summed E-state index contributed by atoms with van der Waals surface area (Å²) in [7, 11) is 0. The molecule has 2 fully saturated rings. The number of fused-ring (bicyclic) bond motifs is 1. The van der Waals surface area contributed by atoms with Gasteiger partial charge in [-0.3, -0.25) is 4.68 Å². The van der Waals surface area contributed by atoms with E-state index in [1.165, 1.54) is 36.9 Å². The normalized spacial score (nSPS) is 22.5. The summed E-state index contributed by atoms with van der Waals surface area (Å²) in [4.78, 5) is 2.32. The third kappa shape index (κ3) is 3.47. The zero-order chi connectivity index (χ0) is 17.5. The van der Waals surface area contributed by atoms with E-state index in [0.717, 1.165) is 56.2 Å². The van der Waals surface area contributed by atoms with Gasteiger partial charge in [-0.2, -0.15) is 10.2 Å². The summed E-state index contributed by atoms with van der Waals surface area (Å²) >= 11 is 0. The van der Waals surface area contributed by atoms with Crippen LogP contribution in [-0.4, -0.2) is 39.7 Å². The first-order valence-corrected chi connectivity index (χ1v) is 9.94. The largest absolute Gasteiger partial charge is 0.380 e. The van der Waals surface area contributed by atoms with Gasteiger partial charge in [0, 0.05) is 37.7 Å². The van der Waals surface area contributed by atoms with Gasteiger partial charge >= 0.3 is 0 Å². The van der Waals surface area contributed by atoms with Gasteiger partial charge in [-0.15, -0.1) is 5.10 Å². The van der Waals surface area contributed by atoms with Crippen LogP contribution in [0.5, 0.6) is 0 Å². The first-order chi connectivity index (χ1) is 12.8. The van der Waals surface area contributed by atoms with Crippen molar-refractivity contribution in [1.82, 2.24) is 20.0 Å². The van der Waals surface area contributed by atoms with E-state index in [4.69, 9.17) is 9.84 Å². The van der Waals surface area contributed by atoms with Crippen molar-refractivity contribution in [2.45, 2.75) is 51.6 Å². The highest BCUT2D eigenvalue weighted by atomic mass is 16.5. The molecule has 6 heteroatoms. The van der Waals surface area contributed by atoms with E-state index in [0.29, 0.717) is 5.92 Å². The molecule has 0 saturated heterocycles. The zero-order valence-electron chi connectivity index (χ0n) is 15.5. The van der Waals surface area contributed by atoms with E-state index in [1.807, 2.05) is 13.0 Å². The van der Waals surface area contributed by atoms with Crippen molar-refractivity contribution in [2.75, 3.05) is 24.7 Å². The first-order valence-electron chi connectivity index (χ1n) is 9.94. The molecule has 3 heterocycles. The second kappa shape index (κ2) is 6.65. The van der Waals surface area contributed by atoms with Crippen LogP contribution in [0.1, 0.15) is 48.6 Å². The highest BCUT2D eigenvalue weighted by Crippen LogP contribution is 2.36. The van der Waals surface area contributed by atoms with Crippen molar-refractivity contribution in [2.24, 2.45) is 11.8 Å². The molecule has 1 atom stereocenters. The third-order valence-corrected chi connectivity index (χ3v) is 5.75. The maximum atomic E-state index is 6.10. The van der Waals surface area contributed by atoms with E-state index < -0.39 is 0 Å². The Labute approximate surface area is 154 Å². The standard InChI is InChI=1S/C20H27N5O/c1-14-2-7-19(23-22-14)24-10-17-8-21-25(9-15-3-4-15)20(17)18(11-24)13-26-12-16-5-6-16/h2,7-8,15-16,18H,3-6,9-13H2,1H3. The van der Waals surface area contributed by atoms with Crippen molar-refractivity contribution in [1.29, 1.82) is 0 Å². The molecule has 6 nitrogen and oxygen atoms in total. The van der Waals surface area contributed by atoms with Crippen LogP contribution in [0.25, 0.3) is 0 Å². The summed E-state index contributed by atoms with van der Waals surface area (Å²) in [5, 5.41) is 13.4. The SMILES string of the molecule is Cc1ccc(N2Cc3cnn(CC4CC4)c3C(COCC3CC3)C2)nn1. The Morgan fingerprint density at radius 2 is 1.92 bits per heavy atom. The van der Waals surface area contributed by atoms with Gasteiger partial charge in [0.1, 0.15) is 0 Å². The summed E-state index contributed by atoms with van der Waals surface area (Å²) in [5.74, 6) is 2.92. The average Bonchev–Trinajstić information content (AvgIpc) is 3.56. The topological polar surface area (TPSA) is 56.1 Å². The Hall–Kier alpha value is -1.95. The molecule has 0 aromatic carbocycles. The van der Waals surface area contributed by atoms with Gasteiger partial charge in [0.25, 0.3) is 0 Å². The molecule has 1 aliphatic heterocycles. The number of ether oxygens (including phenoxy) is 1. The molecule has 2 aliphatic carbocycles. The number of aromatic nitrogens is 4. The molecule has 0 radical (unpaired) electrons. The Kier molecular flexibility index (Phi) is 4.15. The summed E-state index contributed by atoms with van der Waals surface area (Å²) in [6.45, 7) is 6.51. The van der Waals surface area contributed by atoms with Crippen LogP contribution in [0.2, 0.25) is 0 Å². The van der Waals surface area contributed by atoms with E-state index in [2.05, 4.69) is 32.0 Å². The molecule has 3 aliphatic rings. The maximum Gasteiger partial charge on any atom is 0.151 e. The fourth-order valence-electron chi connectivity index (χ4n) is 3.87. The predicted octanol–water partition coefficient (Wildman–Crippen LogP) is 2.92. The molecular formula is C20H27N5O. The average molecular weight is 353 g/mol. The van der Waals surface area contributed by atoms with Gasteiger partial charge in [0.15, 0.2) is 5.82 Å². The van der Waals surface area contributed by atoms with Crippen LogP contribution < -0.4 is 4.90 Å². The van der Waals surface area contributed by atoms with Crippen LogP contribution in [-0.2, 0) is 17.8 Å². The van der Waals surface area contributed by atoms with Crippen molar-refractivity contribution in [3.8, 4) is 0 Å². The van der Waals surface area contributed by atoms with Gasteiger partial charge in [-0.1, -0.05) is 0 Å². The molecule has 2 aromatic heterocycles. The first kappa shape index (κ1) is 16.2. The molecule has 2 aromatic rings. The van der Waals surface area contributed by atoms with Gasteiger partial charge in [-0.05, 0) is 56.6 Å². The number of nitrogens with zero attached hydrogens (tertiary/aromatic N) is 5. The smallest absolute Gasteiger partial charge is 0.151 e. The highest BCUT2D eigenvalue weighted by molar-refractivity contribution is 5.43. The fraction of sp³-hybridized carbons (Fsp3) is 0.650. The quantitative estimate of drug-likeness (QED) is 0.766. The minimum Gasteiger partial charge on any atom is -0.380 e. The molecule has 0 amide bonds. The number of hydrogen-bond donors (Lipinski definition) is 0. The second-order valence-corrected chi connectivity index (χ2v) is 8.27. The minimum absolute atomic E-state index is 0.349. The molecule has 2 saturated carbocycles. The second-order valence-electron chi connectivity index (χ2n) is 8.27. The summed E-state index contributed by atoms with van der Waals surface area (Å²) in [6.07, 6.45) is 7.42. The van der Waals surface area contributed by atoms with Crippen molar-refractivity contribution in [3.05, 3.63) is 35.3 Å². The van der Waals surface area contributed by atoms with Crippen LogP contribution >= 0.6 is 0 Å². The highest BCUT2D eigenvalue weighted by Gasteiger charge is 2.33. The van der Waals surface area contributed by atoms with Gasteiger partial charge in [0.05, 0.1) is 24.2 Å². The maximum absolute atomic E-state index is 6.10. The van der Waals surface area contributed by atoms with Crippen molar-refractivity contribution in [3.63, 3.8) is 0 Å². The predicted molar refractivity (Wildman–Crippen MR) is 99.1 cm³/mol. The lowest BCUT2D eigenvalue weighted by atomic mass is 9.96. The van der Waals surface area contributed by atoms with Crippen LogP contribution in [0.3, 0.4) is 0 Å². The molecule has 0 spiro atoms. The Morgan fingerprint density at radius 3 is 2.65 bits per heavy atom. The zero-order valence-corrected chi connectivity index (χ0v) is 15.5. The summed E-state index contributed by atoms with van der Waals surface area (Å²) in [6, 6.07) is 4.11. The van der Waals surface area contributed by atoms with Gasteiger partial charge < -0.3 is 9.64 Å². The minimum atomic E-state index is 0.349. The van der Waals surface area contributed by atoms with Crippen LogP contribution in [0, 0.1) is 18.8 Å². The van der Waals surface area contributed by atoms with Crippen molar-refractivity contribution >= 4 is 5.82 Å². The Morgan fingerprint density at radius 1 is 1.08 bits per heavy atom. The fourth-order valence-corrected chi connectivity index (χ4v) is 3.87. The lowest BCUT2D eigenvalue weighted by Crippen LogP contribution is -2.37. The number of hydrogen-bond acceptors (Lipinski definition) is 5. The van der Waals surface area contributed by atoms with E-state index in [1.54, 1.807) is 0 Å². The van der Waals surface area contributed by atoms with Gasteiger partial charge in [-0.25, -0.2) is 0 Å². The lowest BCUT2D eigenvalue weighted by Gasteiger charge is -2.34. The van der Waals surface area contributed by atoms with Crippen LogP contribution in [0.15, 0.2) is 18.3 Å². The number of rotatable bonds is 7. The molecule has 26 heavy (non-hydrogen) atoms. The molecule has 0 bridgehead atoms. The third-order valence-electron chi connectivity index (χ3n) is 5.75. The summed E-state index contributed by atoms with van der Waals surface area (Å²) in [5.41, 5.74) is 3.66. The lowest BCUT2D eigenvalue weighted by molar-refractivity contribution is 0.108. The molecule has 1 unspecified atom stereocenters. The van der Waals surface area contributed by atoms with Gasteiger partial charge in [0.2, 0.25) is 0 Å². The number of anilines is 1. The Balaban J connectivity index is 1.38. The van der Waals surface area contributed by atoms with Crippen LogP contribution in [0.4, 0.5) is 5.82 Å². The van der Waals surface area contributed by atoms with Crippen molar-refractivity contribution < 1.29 is 4.74 Å². The van der Waals surface area contributed by atoms with E-state index in [9.17, 15) is 0 Å².